The lowest BCUT2D eigenvalue weighted by Crippen LogP contribution is -2.70. The lowest BCUT2D eigenvalue weighted by atomic mass is 9.62. The molecule has 0 spiro atoms. The molecular formula is C33H37N3O9. The highest BCUT2D eigenvalue weighted by molar-refractivity contribution is 5.96. The zero-order valence-corrected chi connectivity index (χ0v) is 24.7. The second kappa shape index (κ2) is 12.2. The van der Waals surface area contributed by atoms with E-state index in [0.717, 1.165) is 16.7 Å². The van der Waals surface area contributed by atoms with Crippen LogP contribution in [0.15, 0.2) is 54.6 Å². The summed E-state index contributed by atoms with van der Waals surface area (Å²) in [5.41, 5.74) is 1.36. The minimum Gasteiger partial charge on any atom is -0.508 e. The maximum absolute atomic E-state index is 14.6. The number of allylic oxidation sites excluding steroid dienone is 1. The van der Waals surface area contributed by atoms with E-state index in [0.29, 0.717) is 25.8 Å². The molecule has 2 amide bonds. The van der Waals surface area contributed by atoms with Crippen molar-refractivity contribution in [2.75, 3.05) is 26.5 Å². The molecule has 0 aromatic heterocycles. The number of benzene rings is 2. The van der Waals surface area contributed by atoms with E-state index < -0.39 is 47.9 Å². The van der Waals surface area contributed by atoms with Crippen LogP contribution in [-0.4, -0.2) is 101 Å². The molecule has 4 saturated heterocycles. The van der Waals surface area contributed by atoms with E-state index in [-0.39, 0.29) is 50.5 Å². The number of nitrogens with one attached hydrogen (secondary N) is 1. The van der Waals surface area contributed by atoms with E-state index in [1.165, 1.54) is 0 Å². The van der Waals surface area contributed by atoms with Gasteiger partial charge in [0.05, 0.1) is 13.2 Å². The van der Waals surface area contributed by atoms with E-state index in [9.17, 15) is 24.6 Å². The first-order chi connectivity index (χ1) is 21.9. The molecule has 1 aliphatic carbocycles. The van der Waals surface area contributed by atoms with Crippen molar-refractivity contribution >= 4 is 23.9 Å². The Hall–Kier alpha value is -3.81. The Morgan fingerprint density at radius 3 is 2.69 bits per heavy atom. The number of esters is 1. The zero-order valence-electron chi connectivity index (χ0n) is 24.7. The largest absolute Gasteiger partial charge is 0.508 e. The van der Waals surface area contributed by atoms with Crippen molar-refractivity contribution in [3.05, 3.63) is 71.3 Å². The van der Waals surface area contributed by atoms with Crippen LogP contribution >= 0.6 is 0 Å². The number of ether oxygens (including phenoxy) is 3. The van der Waals surface area contributed by atoms with Crippen LogP contribution in [0.2, 0.25) is 0 Å². The number of rotatable bonds is 9. The molecular weight excluding hydrogens is 582 g/mol. The second-order valence-corrected chi connectivity index (χ2v) is 12.3. The van der Waals surface area contributed by atoms with Gasteiger partial charge in [0.15, 0.2) is 6.04 Å². The Balaban J connectivity index is 1.13. The number of hydroxylamine groups is 2. The van der Waals surface area contributed by atoms with Gasteiger partial charge in [-0.1, -0.05) is 54.6 Å². The Bertz CT molecular complexity index is 1480. The van der Waals surface area contributed by atoms with Crippen molar-refractivity contribution in [1.82, 2.24) is 15.3 Å². The normalized spacial score (nSPS) is 32.1. The Labute approximate surface area is 260 Å². The molecule has 12 heteroatoms. The highest BCUT2D eigenvalue weighted by Gasteiger charge is 2.75. The number of carbonyl (C=O) groups is 3. The first-order valence-corrected chi connectivity index (χ1v) is 15.5. The van der Waals surface area contributed by atoms with Crippen molar-refractivity contribution in [2.24, 2.45) is 5.41 Å². The van der Waals surface area contributed by atoms with Gasteiger partial charge in [0.1, 0.15) is 48.4 Å². The SMILES string of the molecule is O=C(NCCO)C1CCCN1C(=O)C12CC3OC(=O)C1N(Cc1ccc(C=CCc4ccccc4O)cc1)OC2C1OCOC31. The molecule has 7 rings (SSSR count). The highest BCUT2D eigenvalue weighted by Crippen LogP contribution is 2.56. The van der Waals surface area contributed by atoms with Crippen molar-refractivity contribution in [1.29, 1.82) is 0 Å². The van der Waals surface area contributed by atoms with E-state index in [4.69, 9.17) is 19.0 Å². The van der Waals surface area contributed by atoms with Gasteiger partial charge in [-0.25, -0.2) is 0 Å². The third-order valence-corrected chi connectivity index (χ3v) is 9.66. The number of hydrogen-bond acceptors (Lipinski definition) is 10. The van der Waals surface area contributed by atoms with Crippen molar-refractivity contribution in [3.8, 4) is 5.75 Å². The van der Waals surface area contributed by atoms with Gasteiger partial charge in [0.2, 0.25) is 11.8 Å². The van der Waals surface area contributed by atoms with Crippen LogP contribution in [0.25, 0.3) is 6.08 Å². The molecule has 5 aliphatic rings. The number of aliphatic hydroxyl groups is 1. The van der Waals surface area contributed by atoms with Gasteiger partial charge in [-0.15, -0.1) is 0 Å². The minimum absolute atomic E-state index is 0.00690. The summed E-state index contributed by atoms with van der Waals surface area (Å²) in [5.74, 6) is -0.934. The van der Waals surface area contributed by atoms with Gasteiger partial charge in [0.25, 0.3) is 0 Å². The van der Waals surface area contributed by atoms with Gasteiger partial charge >= 0.3 is 5.97 Å². The van der Waals surface area contributed by atoms with Gasteiger partial charge < -0.3 is 34.6 Å². The number of nitrogens with zero attached hydrogens (tertiary/aromatic N) is 2. The monoisotopic (exact) mass is 619 g/mol. The van der Waals surface area contributed by atoms with E-state index >= 15 is 0 Å². The first kappa shape index (κ1) is 29.9. The van der Waals surface area contributed by atoms with Gasteiger partial charge in [-0.05, 0) is 42.0 Å². The molecule has 1 saturated carbocycles. The van der Waals surface area contributed by atoms with Crippen LogP contribution in [-0.2, 0) is 46.4 Å². The maximum Gasteiger partial charge on any atom is 0.327 e. The first-order valence-electron chi connectivity index (χ1n) is 15.5. The van der Waals surface area contributed by atoms with Crippen LogP contribution in [0.4, 0.5) is 0 Å². The molecule has 5 fully saturated rings. The van der Waals surface area contributed by atoms with Crippen LogP contribution < -0.4 is 5.32 Å². The summed E-state index contributed by atoms with van der Waals surface area (Å²) >= 11 is 0. The molecule has 4 heterocycles. The molecule has 45 heavy (non-hydrogen) atoms. The number of fused-ring (bicyclic) bond motifs is 4. The maximum atomic E-state index is 14.6. The minimum atomic E-state index is -1.32. The molecule has 0 radical (unpaired) electrons. The zero-order chi connectivity index (χ0) is 31.1. The molecule has 12 nitrogen and oxygen atoms in total. The number of likely N-dealkylation sites (tertiary alicyclic amines) is 1. The average Bonchev–Trinajstić information content (AvgIpc) is 3.80. The Morgan fingerprint density at radius 1 is 1.09 bits per heavy atom. The summed E-state index contributed by atoms with van der Waals surface area (Å²) in [6, 6.07) is 13.3. The average molecular weight is 620 g/mol. The Kier molecular flexibility index (Phi) is 8.09. The van der Waals surface area contributed by atoms with Crippen molar-refractivity contribution in [2.45, 2.75) is 68.7 Å². The number of aromatic hydroxyl groups is 1. The summed E-state index contributed by atoms with van der Waals surface area (Å²) < 4.78 is 17.6. The van der Waals surface area contributed by atoms with Crippen LogP contribution in [0.5, 0.6) is 5.75 Å². The lowest BCUT2D eigenvalue weighted by molar-refractivity contribution is -0.204. The molecule has 2 aromatic rings. The number of para-hydroxylation sites is 1. The summed E-state index contributed by atoms with van der Waals surface area (Å²) in [7, 11) is 0. The van der Waals surface area contributed by atoms with Crippen LogP contribution in [0, 0.1) is 5.41 Å². The number of phenols is 1. The molecule has 3 N–H and O–H groups in total. The van der Waals surface area contributed by atoms with E-state index in [1.54, 1.807) is 22.1 Å². The fraction of sp³-hybridized carbons (Fsp3) is 0.485. The number of aliphatic hydroxyl groups excluding tert-OH is 1. The summed E-state index contributed by atoms with van der Waals surface area (Å²) in [6.07, 6.45) is 3.26. The van der Waals surface area contributed by atoms with Gasteiger partial charge in [-0.3, -0.25) is 19.2 Å². The fourth-order valence-corrected chi connectivity index (χ4v) is 7.58. The summed E-state index contributed by atoms with van der Waals surface area (Å²) in [6.45, 7) is 0.497. The standard InChI is InChI=1S/C33H37N3O9/c37-16-14-34-30(39)23-8-4-15-35(23)32(41)33-17-25-26-27(43-19-42-26)29(33)45-36(28(33)31(40)44-25)18-21-12-10-20(11-13-21)5-3-7-22-6-1-2-9-24(22)38/h1-3,5-6,9-13,23,25-29,37-38H,4,7-8,14-19H2,(H,34,39). The number of carbonyl (C=O) groups excluding carboxylic acids is 3. The fourth-order valence-electron chi connectivity index (χ4n) is 7.58. The van der Waals surface area contributed by atoms with E-state index in [1.807, 2.05) is 48.6 Å². The predicted octanol–water partition coefficient (Wildman–Crippen LogP) is 1.29. The van der Waals surface area contributed by atoms with E-state index in [2.05, 4.69) is 5.32 Å². The van der Waals surface area contributed by atoms with Gasteiger partial charge in [-0.2, -0.15) is 5.06 Å². The van der Waals surface area contributed by atoms with Crippen molar-refractivity contribution < 1.29 is 43.6 Å². The summed E-state index contributed by atoms with van der Waals surface area (Å²) in [4.78, 5) is 49.4. The number of phenolic OH excluding ortho intramolecular Hbond substituents is 1. The highest BCUT2D eigenvalue weighted by atomic mass is 16.8. The topological polar surface area (TPSA) is 147 Å². The van der Waals surface area contributed by atoms with Gasteiger partial charge in [0, 0.05) is 19.5 Å². The number of amides is 2. The lowest BCUT2D eigenvalue weighted by Gasteiger charge is -2.50. The number of hydrogen-bond donors (Lipinski definition) is 3. The molecule has 7 unspecified atom stereocenters. The predicted molar refractivity (Wildman–Crippen MR) is 158 cm³/mol. The van der Waals surface area contributed by atoms with Crippen LogP contribution in [0.3, 0.4) is 0 Å². The smallest absolute Gasteiger partial charge is 0.327 e. The Morgan fingerprint density at radius 2 is 1.89 bits per heavy atom. The molecule has 238 valence electrons. The third kappa shape index (κ3) is 5.20. The van der Waals surface area contributed by atoms with Crippen LogP contribution in [0.1, 0.15) is 36.0 Å². The molecule has 7 atom stereocenters. The molecule has 2 aromatic carbocycles. The quantitative estimate of drug-likeness (QED) is 0.351. The second-order valence-electron chi connectivity index (χ2n) is 12.3. The molecule has 4 aliphatic heterocycles. The van der Waals surface area contributed by atoms with Crippen molar-refractivity contribution in [3.63, 3.8) is 0 Å². The summed E-state index contributed by atoms with van der Waals surface area (Å²) in [5, 5.41) is 23.4. The third-order valence-electron chi connectivity index (χ3n) is 9.66. The molecule has 2 bridgehead atoms.